The average Bonchev–Trinajstić information content (AvgIpc) is 3.53. The molecule has 5 heteroatoms. The normalized spacial score (nSPS) is 20.8. The summed E-state index contributed by atoms with van der Waals surface area (Å²) in [6, 6.07) is 12.3. The van der Waals surface area contributed by atoms with Crippen molar-refractivity contribution in [1.82, 2.24) is 20.9 Å². The van der Waals surface area contributed by atoms with Crippen molar-refractivity contribution in [2.24, 2.45) is 4.99 Å². The van der Waals surface area contributed by atoms with Gasteiger partial charge in [0.25, 0.3) is 0 Å². The number of guanidine groups is 1. The van der Waals surface area contributed by atoms with Crippen molar-refractivity contribution in [3.63, 3.8) is 0 Å². The van der Waals surface area contributed by atoms with Gasteiger partial charge < -0.3 is 20.9 Å². The van der Waals surface area contributed by atoms with Gasteiger partial charge in [-0.1, -0.05) is 30.3 Å². The quantitative estimate of drug-likeness (QED) is 0.475. The van der Waals surface area contributed by atoms with Crippen molar-refractivity contribution < 1.29 is 0 Å². The highest BCUT2D eigenvalue weighted by atomic mass is 15.2. The highest BCUT2D eigenvalue weighted by Crippen LogP contribution is 2.29. The van der Waals surface area contributed by atoms with Crippen LogP contribution in [0.25, 0.3) is 0 Å². The lowest BCUT2D eigenvalue weighted by Gasteiger charge is -2.33. The smallest absolute Gasteiger partial charge is 0.191 e. The van der Waals surface area contributed by atoms with Gasteiger partial charge in [0.1, 0.15) is 0 Å². The van der Waals surface area contributed by atoms with E-state index in [1.165, 1.54) is 44.3 Å². The van der Waals surface area contributed by atoms with Crippen LogP contribution in [0, 0.1) is 0 Å². The second kappa shape index (κ2) is 9.75. The second-order valence-corrected chi connectivity index (χ2v) is 9.04. The lowest BCUT2D eigenvalue weighted by molar-refractivity contribution is 0.197. The van der Waals surface area contributed by atoms with Crippen molar-refractivity contribution >= 4 is 5.96 Å². The number of benzene rings is 1. The van der Waals surface area contributed by atoms with Crippen molar-refractivity contribution in [3.8, 4) is 0 Å². The molecule has 156 valence electrons. The molecule has 0 spiro atoms. The molecule has 1 aliphatic heterocycles. The lowest BCUT2D eigenvalue weighted by Crippen LogP contribution is -2.50. The van der Waals surface area contributed by atoms with Crippen LogP contribution in [0.2, 0.25) is 0 Å². The van der Waals surface area contributed by atoms with Crippen LogP contribution in [0.4, 0.5) is 0 Å². The fourth-order valence-corrected chi connectivity index (χ4v) is 4.10. The summed E-state index contributed by atoms with van der Waals surface area (Å²) in [6.45, 7) is 12.9. The summed E-state index contributed by atoms with van der Waals surface area (Å²) in [7, 11) is 0. The topological polar surface area (TPSA) is 51.7 Å². The number of likely N-dealkylation sites (tertiary alicyclic amines) is 1. The van der Waals surface area contributed by atoms with E-state index in [1.54, 1.807) is 0 Å². The zero-order valence-electron chi connectivity index (χ0n) is 18.2. The van der Waals surface area contributed by atoms with E-state index in [2.05, 4.69) is 78.9 Å². The molecule has 0 aromatic heterocycles. The Morgan fingerprint density at radius 3 is 2.43 bits per heavy atom. The van der Waals surface area contributed by atoms with Crippen molar-refractivity contribution in [3.05, 3.63) is 35.9 Å². The number of rotatable bonds is 8. The summed E-state index contributed by atoms with van der Waals surface area (Å²) in [6.07, 6.45) is 5.25. The van der Waals surface area contributed by atoms with Gasteiger partial charge >= 0.3 is 0 Å². The van der Waals surface area contributed by atoms with E-state index in [4.69, 9.17) is 4.99 Å². The molecular formula is C23H39N5. The fourth-order valence-electron chi connectivity index (χ4n) is 4.10. The SMILES string of the molecule is CCNC(=NCC(C)(C)NC(C)c1ccccc1)NC1CCN(C2CC2)CC1. The van der Waals surface area contributed by atoms with E-state index in [0.717, 1.165) is 25.1 Å². The first-order valence-corrected chi connectivity index (χ1v) is 11.1. The summed E-state index contributed by atoms with van der Waals surface area (Å²) in [5, 5.41) is 10.8. The molecule has 1 aliphatic carbocycles. The van der Waals surface area contributed by atoms with Crippen LogP contribution in [0.3, 0.4) is 0 Å². The molecule has 1 atom stereocenters. The molecule has 0 amide bonds. The van der Waals surface area contributed by atoms with E-state index < -0.39 is 0 Å². The third-order valence-electron chi connectivity index (χ3n) is 5.82. The highest BCUT2D eigenvalue weighted by Gasteiger charge is 2.32. The Morgan fingerprint density at radius 1 is 1.14 bits per heavy atom. The Kier molecular flexibility index (Phi) is 7.36. The monoisotopic (exact) mass is 385 g/mol. The molecule has 28 heavy (non-hydrogen) atoms. The summed E-state index contributed by atoms with van der Waals surface area (Å²) in [5.41, 5.74) is 1.24. The Labute approximate surface area is 171 Å². The molecule has 1 saturated carbocycles. The fraction of sp³-hybridized carbons (Fsp3) is 0.696. The third-order valence-corrected chi connectivity index (χ3v) is 5.82. The van der Waals surface area contributed by atoms with Gasteiger partial charge in [-0.05, 0) is 58.9 Å². The van der Waals surface area contributed by atoms with Crippen molar-refractivity contribution in [2.75, 3.05) is 26.2 Å². The van der Waals surface area contributed by atoms with Gasteiger partial charge in [-0.2, -0.15) is 0 Å². The van der Waals surface area contributed by atoms with E-state index in [9.17, 15) is 0 Å². The van der Waals surface area contributed by atoms with E-state index >= 15 is 0 Å². The van der Waals surface area contributed by atoms with Crippen molar-refractivity contribution in [1.29, 1.82) is 0 Å². The molecule has 3 N–H and O–H groups in total. The molecule has 5 nitrogen and oxygen atoms in total. The first-order chi connectivity index (χ1) is 13.5. The highest BCUT2D eigenvalue weighted by molar-refractivity contribution is 5.80. The van der Waals surface area contributed by atoms with Gasteiger partial charge in [0.15, 0.2) is 5.96 Å². The largest absolute Gasteiger partial charge is 0.357 e. The molecule has 1 heterocycles. The molecular weight excluding hydrogens is 346 g/mol. The Morgan fingerprint density at radius 2 is 1.82 bits per heavy atom. The van der Waals surface area contributed by atoms with Crippen LogP contribution in [-0.4, -0.2) is 54.7 Å². The molecule has 0 bridgehead atoms. The Balaban J connectivity index is 1.50. The van der Waals surface area contributed by atoms with Gasteiger partial charge in [-0.3, -0.25) is 4.99 Å². The Bertz CT molecular complexity index is 615. The number of aliphatic imine (C=N–C) groups is 1. The van der Waals surface area contributed by atoms with Gasteiger partial charge in [-0.25, -0.2) is 0 Å². The zero-order chi connectivity index (χ0) is 20.0. The molecule has 3 rings (SSSR count). The van der Waals surface area contributed by atoms with Crippen LogP contribution in [0.1, 0.15) is 65.0 Å². The summed E-state index contributed by atoms with van der Waals surface area (Å²) in [4.78, 5) is 7.58. The van der Waals surface area contributed by atoms with Gasteiger partial charge in [-0.15, -0.1) is 0 Å². The van der Waals surface area contributed by atoms with Crippen LogP contribution in [0.5, 0.6) is 0 Å². The molecule has 2 fully saturated rings. The first-order valence-electron chi connectivity index (χ1n) is 11.1. The van der Waals surface area contributed by atoms with E-state index in [-0.39, 0.29) is 5.54 Å². The Hall–Kier alpha value is -1.59. The van der Waals surface area contributed by atoms with Crippen LogP contribution in [-0.2, 0) is 0 Å². The lowest BCUT2D eigenvalue weighted by atomic mass is 10.0. The molecule has 2 aliphatic rings. The van der Waals surface area contributed by atoms with Gasteiger partial charge in [0.05, 0.1) is 6.54 Å². The average molecular weight is 386 g/mol. The van der Waals surface area contributed by atoms with E-state index in [1.807, 2.05) is 0 Å². The first kappa shape index (κ1) is 21.1. The minimum absolute atomic E-state index is 0.0764. The summed E-state index contributed by atoms with van der Waals surface area (Å²) < 4.78 is 0. The molecule has 0 radical (unpaired) electrons. The molecule has 1 unspecified atom stereocenters. The minimum atomic E-state index is -0.0764. The third kappa shape index (κ3) is 6.49. The zero-order valence-corrected chi connectivity index (χ0v) is 18.2. The predicted octanol–water partition coefficient (Wildman–Crippen LogP) is 3.30. The molecule has 1 aromatic rings. The van der Waals surface area contributed by atoms with Gasteiger partial charge in [0.2, 0.25) is 0 Å². The van der Waals surface area contributed by atoms with Crippen LogP contribution in [0.15, 0.2) is 35.3 Å². The predicted molar refractivity (Wildman–Crippen MR) is 119 cm³/mol. The number of nitrogens with one attached hydrogen (secondary N) is 3. The number of piperidine rings is 1. The maximum Gasteiger partial charge on any atom is 0.191 e. The summed E-state index contributed by atoms with van der Waals surface area (Å²) in [5.74, 6) is 0.953. The number of nitrogens with zero attached hydrogens (tertiary/aromatic N) is 2. The van der Waals surface area contributed by atoms with Crippen LogP contribution < -0.4 is 16.0 Å². The summed E-state index contributed by atoms with van der Waals surface area (Å²) >= 11 is 0. The van der Waals surface area contributed by atoms with Gasteiger partial charge in [0, 0.05) is 43.3 Å². The number of hydrogen-bond acceptors (Lipinski definition) is 3. The minimum Gasteiger partial charge on any atom is -0.357 e. The standard InChI is InChI=1S/C23H39N5/c1-5-24-22(26-20-13-15-28(16-14-20)21-11-12-21)25-17-23(3,4)27-18(2)19-9-7-6-8-10-19/h6-10,18,20-21,27H,5,11-17H2,1-4H3,(H2,24,25,26). The second-order valence-electron chi connectivity index (χ2n) is 9.04. The molecule has 1 aromatic carbocycles. The molecule has 1 saturated heterocycles. The number of hydrogen-bond donors (Lipinski definition) is 3. The maximum atomic E-state index is 4.91. The van der Waals surface area contributed by atoms with Crippen molar-refractivity contribution in [2.45, 2.75) is 77.0 Å². The van der Waals surface area contributed by atoms with Crippen LogP contribution >= 0.6 is 0 Å². The van der Waals surface area contributed by atoms with E-state index in [0.29, 0.717) is 12.1 Å². The maximum absolute atomic E-state index is 4.91.